The highest BCUT2D eigenvalue weighted by molar-refractivity contribution is 5.83. The molecule has 0 bridgehead atoms. The zero-order chi connectivity index (χ0) is 18.6. The second kappa shape index (κ2) is 7.78. The maximum absolute atomic E-state index is 12.5. The van der Waals surface area contributed by atoms with E-state index in [4.69, 9.17) is 4.74 Å². The number of hydrogen-bond donors (Lipinski definition) is 2. The highest BCUT2D eigenvalue weighted by Gasteiger charge is 2.29. The first kappa shape index (κ1) is 18.3. The number of ether oxygens (including phenoxy) is 1. The summed E-state index contributed by atoms with van der Waals surface area (Å²) in [6.45, 7) is 1.47. The first-order valence-corrected chi connectivity index (χ1v) is 8.31. The predicted octanol–water partition coefficient (Wildman–Crippen LogP) is 3.26. The lowest BCUT2D eigenvalue weighted by Crippen LogP contribution is -2.35. The zero-order valence-corrected chi connectivity index (χ0v) is 14.0. The van der Waals surface area contributed by atoms with E-state index in [0.717, 1.165) is 24.1 Å². The van der Waals surface area contributed by atoms with Crippen LogP contribution in [0, 0.1) is 0 Å². The predicted molar refractivity (Wildman–Crippen MR) is 90.5 cm³/mol. The summed E-state index contributed by atoms with van der Waals surface area (Å²) in [5.74, 6) is 0.661. The van der Waals surface area contributed by atoms with E-state index in [-0.39, 0.29) is 18.6 Å². The third-order valence-electron chi connectivity index (χ3n) is 4.21. The Morgan fingerprint density at radius 3 is 2.27 bits per heavy atom. The molecule has 7 heteroatoms. The SMILES string of the molecule is O=C1NCCC1NCc1ccc(OCc2ccc(C(F)(F)F)cc2)cc1. The van der Waals surface area contributed by atoms with E-state index in [2.05, 4.69) is 10.6 Å². The first-order chi connectivity index (χ1) is 12.4. The normalized spacial score (nSPS) is 17.2. The fourth-order valence-electron chi connectivity index (χ4n) is 2.69. The van der Waals surface area contributed by atoms with Crippen LogP contribution in [0.15, 0.2) is 48.5 Å². The van der Waals surface area contributed by atoms with Gasteiger partial charge in [-0.1, -0.05) is 24.3 Å². The van der Waals surface area contributed by atoms with Crippen LogP contribution in [-0.4, -0.2) is 18.5 Å². The molecule has 2 aromatic carbocycles. The molecule has 1 atom stereocenters. The van der Waals surface area contributed by atoms with Crippen LogP contribution in [0.25, 0.3) is 0 Å². The quantitative estimate of drug-likeness (QED) is 0.827. The summed E-state index contributed by atoms with van der Waals surface area (Å²) < 4.78 is 43.2. The lowest BCUT2D eigenvalue weighted by atomic mass is 10.1. The van der Waals surface area contributed by atoms with Crippen molar-refractivity contribution in [3.63, 3.8) is 0 Å². The average molecular weight is 364 g/mol. The molecule has 0 radical (unpaired) electrons. The van der Waals surface area contributed by atoms with Gasteiger partial charge >= 0.3 is 6.18 Å². The summed E-state index contributed by atoms with van der Waals surface area (Å²) in [5, 5.41) is 5.97. The smallest absolute Gasteiger partial charge is 0.416 e. The number of benzene rings is 2. The number of carbonyl (C=O) groups is 1. The molecule has 1 heterocycles. The third kappa shape index (κ3) is 4.76. The van der Waals surface area contributed by atoms with Gasteiger partial charge in [-0.3, -0.25) is 4.79 Å². The first-order valence-electron chi connectivity index (χ1n) is 8.31. The van der Waals surface area contributed by atoms with E-state index in [1.807, 2.05) is 12.1 Å². The highest BCUT2D eigenvalue weighted by Crippen LogP contribution is 2.29. The van der Waals surface area contributed by atoms with Gasteiger partial charge < -0.3 is 15.4 Å². The van der Waals surface area contributed by atoms with E-state index >= 15 is 0 Å². The molecule has 1 saturated heterocycles. The van der Waals surface area contributed by atoms with E-state index in [9.17, 15) is 18.0 Å². The molecule has 0 spiro atoms. The fraction of sp³-hybridized carbons (Fsp3) is 0.316. The Kier molecular flexibility index (Phi) is 5.46. The Hall–Kier alpha value is -2.54. The molecule has 1 aliphatic heterocycles. The van der Waals surface area contributed by atoms with Gasteiger partial charge in [0, 0.05) is 13.1 Å². The van der Waals surface area contributed by atoms with Crippen LogP contribution in [0.3, 0.4) is 0 Å². The van der Waals surface area contributed by atoms with Crippen LogP contribution in [-0.2, 0) is 24.1 Å². The Morgan fingerprint density at radius 2 is 1.69 bits per heavy atom. The van der Waals surface area contributed by atoms with Gasteiger partial charge in [-0.05, 0) is 41.8 Å². The molecule has 3 rings (SSSR count). The minimum atomic E-state index is -4.33. The Bertz CT molecular complexity index is 743. The minimum absolute atomic E-state index is 0.0292. The van der Waals surface area contributed by atoms with Crippen LogP contribution in [0.1, 0.15) is 23.1 Å². The van der Waals surface area contributed by atoms with Crippen LogP contribution in [0.2, 0.25) is 0 Å². The molecule has 0 saturated carbocycles. The summed E-state index contributed by atoms with van der Waals surface area (Å²) in [6.07, 6.45) is -3.55. The van der Waals surface area contributed by atoms with Gasteiger partial charge in [0.25, 0.3) is 0 Å². The molecule has 1 amide bonds. The van der Waals surface area contributed by atoms with Crippen molar-refractivity contribution in [3.8, 4) is 5.75 Å². The van der Waals surface area contributed by atoms with E-state index in [1.54, 1.807) is 12.1 Å². The van der Waals surface area contributed by atoms with Crippen molar-refractivity contribution in [1.82, 2.24) is 10.6 Å². The molecule has 0 aromatic heterocycles. The Labute approximate surface area is 149 Å². The van der Waals surface area contributed by atoms with Crippen LogP contribution in [0.5, 0.6) is 5.75 Å². The van der Waals surface area contributed by atoms with Crippen LogP contribution in [0.4, 0.5) is 13.2 Å². The number of carbonyl (C=O) groups excluding carboxylic acids is 1. The maximum atomic E-state index is 12.5. The number of alkyl halides is 3. The summed E-state index contributed by atoms with van der Waals surface area (Å²) in [5.41, 5.74) is 1.01. The minimum Gasteiger partial charge on any atom is -0.489 e. The molecule has 26 heavy (non-hydrogen) atoms. The molecular weight excluding hydrogens is 345 g/mol. The topological polar surface area (TPSA) is 50.4 Å². The summed E-state index contributed by atoms with van der Waals surface area (Å²) >= 11 is 0. The number of halogens is 3. The number of amides is 1. The van der Waals surface area contributed by atoms with Crippen molar-refractivity contribution < 1.29 is 22.7 Å². The van der Waals surface area contributed by atoms with Crippen LogP contribution < -0.4 is 15.4 Å². The van der Waals surface area contributed by atoms with Crippen molar-refractivity contribution in [2.24, 2.45) is 0 Å². The van der Waals surface area contributed by atoms with Gasteiger partial charge in [0.1, 0.15) is 12.4 Å². The van der Waals surface area contributed by atoms with E-state index in [0.29, 0.717) is 24.4 Å². The standard InChI is InChI=1S/C19H19F3N2O2/c20-19(21,22)15-5-1-14(2-6-15)12-26-16-7-3-13(4-8-16)11-24-17-9-10-23-18(17)25/h1-8,17,24H,9-12H2,(H,23,25). The number of hydrogen-bond acceptors (Lipinski definition) is 3. The molecular formula is C19H19F3N2O2. The number of rotatable bonds is 6. The molecule has 1 fully saturated rings. The van der Waals surface area contributed by atoms with Gasteiger partial charge in [-0.2, -0.15) is 13.2 Å². The molecule has 1 unspecified atom stereocenters. The van der Waals surface area contributed by atoms with Crippen molar-refractivity contribution in [2.75, 3.05) is 6.54 Å². The van der Waals surface area contributed by atoms with E-state index in [1.165, 1.54) is 12.1 Å². The lowest BCUT2D eigenvalue weighted by Gasteiger charge is -2.11. The largest absolute Gasteiger partial charge is 0.489 e. The lowest BCUT2D eigenvalue weighted by molar-refractivity contribution is -0.137. The van der Waals surface area contributed by atoms with Gasteiger partial charge in [-0.25, -0.2) is 0 Å². The van der Waals surface area contributed by atoms with Crippen molar-refractivity contribution in [2.45, 2.75) is 31.8 Å². The molecule has 0 aliphatic carbocycles. The van der Waals surface area contributed by atoms with Crippen molar-refractivity contribution in [1.29, 1.82) is 0 Å². The molecule has 138 valence electrons. The second-order valence-corrected chi connectivity index (χ2v) is 6.14. The Morgan fingerprint density at radius 1 is 1.04 bits per heavy atom. The highest BCUT2D eigenvalue weighted by atomic mass is 19.4. The summed E-state index contributed by atoms with van der Waals surface area (Å²) in [6, 6.07) is 12.2. The van der Waals surface area contributed by atoms with Gasteiger partial charge in [0.15, 0.2) is 0 Å². The van der Waals surface area contributed by atoms with Gasteiger partial charge in [-0.15, -0.1) is 0 Å². The summed E-state index contributed by atoms with van der Waals surface area (Å²) in [7, 11) is 0. The Balaban J connectivity index is 1.49. The average Bonchev–Trinajstić information content (AvgIpc) is 3.04. The third-order valence-corrected chi connectivity index (χ3v) is 4.21. The molecule has 4 nitrogen and oxygen atoms in total. The molecule has 2 N–H and O–H groups in total. The van der Waals surface area contributed by atoms with Gasteiger partial charge in [0.2, 0.25) is 5.91 Å². The van der Waals surface area contributed by atoms with E-state index < -0.39 is 11.7 Å². The van der Waals surface area contributed by atoms with Crippen LogP contribution >= 0.6 is 0 Å². The van der Waals surface area contributed by atoms with Gasteiger partial charge in [0.05, 0.1) is 11.6 Å². The second-order valence-electron chi connectivity index (χ2n) is 6.14. The number of nitrogens with one attached hydrogen (secondary N) is 2. The molecule has 2 aromatic rings. The summed E-state index contributed by atoms with van der Waals surface area (Å²) in [4.78, 5) is 11.5. The zero-order valence-electron chi connectivity index (χ0n) is 14.0. The van der Waals surface area contributed by atoms with Crippen molar-refractivity contribution >= 4 is 5.91 Å². The maximum Gasteiger partial charge on any atom is 0.416 e. The fourth-order valence-corrected chi connectivity index (χ4v) is 2.69. The van der Waals surface area contributed by atoms with Crippen molar-refractivity contribution in [3.05, 3.63) is 65.2 Å². The molecule has 1 aliphatic rings. The monoisotopic (exact) mass is 364 g/mol.